The van der Waals surface area contributed by atoms with E-state index in [4.69, 9.17) is 16.3 Å². The smallest absolute Gasteiger partial charge is 0.266 e. The Morgan fingerprint density at radius 2 is 1.94 bits per heavy atom. The number of anilines is 1. The molecule has 176 valence electrons. The molecule has 0 bridgehead atoms. The van der Waals surface area contributed by atoms with Gasteiger partial charge in [-0.3, -0.25) is 4.72 Å². The number of nitrogens with zero attached hydrogens (tertiary/aromatic N) is 2. The maximum atomic E-state index is 14.7. The molecule has 4 rings (SSSR count). The average Bonchev–Trinajstić information content (AvgIpc) is 3.27. The predicted octanol–water partition coefficient (Wildman–Crippen LogP) is 4.59. The lowest BCUT2D eigenvalue weighted by Gasteiger charge is -2.34. The first-order valence-corrected chi connectivity index (χ1v) is 12.7. The highest BCUT2D eigenvalue weighted by Crippen LogP contribution is 2.39. The summed E-state index contributed by atoms with van der Waals surface area (Å²) in [5.74, 6) is -2.69. The normalized spacial score (nSPS) is 21.0. The summed E-state index contributed by atoms with van der Waals surface area (Å²) < 4.78 is 65.3. The van der Waals surface area contributed by atoms with Crippen molar-refractivity contribution in [3.8, 4) is 5.75 Å². The topological polar surface area (TPSA) is 101 Å². The molecule has 1 fully saturated rings. The number of benzene rings is 2. The fourth-order valence-electron chi connectivity index (χ4n) is 3.98. The van der Waals surface area contributed by atoms with Crippen LogP contribution in [-0.2, 0) is 10.0 Å². The SMILES string of the molecule is O=S(=O)(Nc1ncns1)c1cc(F)c(OC[C@@H]2C[C@H](O)CC[C@H]2c2ccc(Cl)cc2)cc1F. The largest absolute Gasteiger partial charge is 0.490 e. The van der Waals surface area contributed by atoms with Gasteiger partial charge in [-0.1, -0.05) is 23.7 Å². The molecule has 33 heavy (non-hydrogen) atoms. The Morgan fingerprint density at radius 1 is 1.18 bits per heavy atom. The lowest BCUT2D eigenvalue weighted by molar-refractivity contribution is 0.0670. The third kappa shape index (κ3) is 5.60. The molecule has 1 aromatic heterocycles. The highest BCUT2D eigenvalue weighted by molar-refractivity contribution is 7.93. The second-order valence-electron chi connectivity index (χ2n) is 7.76. The van der Waals surface area contributed by atoms with Crippen LogP contribution in [0.5, 0.6) is 5.75 Å². The van der Waals surface area contributed by atoms with Gasteiger partial charge in [0.05, 0.1) is 12.7 Å². The third-order valence-electron chi connectivity index (χ3n) is 5.56. The standard InChI is InChI=1S/C21H20ClF2N3O4S2/c22-14-3-1-12(2-4-14)16-6-5-15(28)7-13(16)10-31-19-8-18(24)20(9-17(19)23)33(29,30)27-21-25-11-26-32-21/h1-4,8-9,11,13,15-16,28H,5-7,10H2,(H,25,26,27)/t13-,15+,16-/m0/s1. The number of aliphatic hydroxyl groups is 1. The Bertz CT molecular complexity index is 1210. The number of ether oxygens (including phenoxy) is 1. The number of nitrogens with one attached hydrogen (secondary N) is 1. The highest BCUT2D eigenvalue weighted by Gasteiger charge is 2.32. The van der Waals surface area contributed by atoms with E-state index in [-0.39, 0.29) is 23.6 Å². The van der Waals surface area contributed by atoms with Gasteiger partial charge < -0.3 is 9.84 Å². The molecule has 0 spiro atoms. The Labute approximate surface area is 198 Å². The van der Waals surface area contributed by atoms with Crippen molar-refractivity contribution in [1.29, 1.82) is 0 Å². The maximum Gasteiger partial charge on any atom is 0.266 e. The minimum Gasteiger partial charge on any atom is -0.490 e. The molecule has 1 aliphatic rings. The number of hydrogen-bond donors (Lipinski definition) is 2. The lowest BCUT2D eigenvalue weighted by Crippen LogP contribution is -2.30. The Hall–Kier alpha value is -2.34. The van der Waals surface area contributed by atoms with Crippen molar-refractivity contribution in [1.82, 2.24) is 9.36 Å². The van der Waals surface area contributed by atoms with E-state index in [0.717, 1.165) is 23.4 Å². The van der Waals surface area contributed by atoms with Crippen molar-refractivity contribution in [2.24, 2.45) is 5.92 Å². The van der Waals surface area contributed by atoms with Gasteiger partial charge in [-0.2, -0.15) is 4.37 Å². The molecule has 2 aromatic carbocycles. The van der Waals surface area contributed by atoms with Crippen LogP contribution in [0.1, 0.15) is 30.7 Å². The second-order valence-corrected chi connectivity index (χ2v) is 10.6. The van der Waals surface area contributed by atoms with E-state index in [9.17, 15) is 22.3 Å². The summed E-state index contributed by atoms with van der Waals surface area (Å²) in [6, 6.07) is 8.65. The van der Waals surface area contributed by atoms with Crippen molar-refractivity contribution in [3.05, 3.63) is 64.9 Å². The molecule has 0 saturated heterocycles. The van der Waals surface area contributed by atoms with Crippen molar-refractivity contribution >= 4 is 38.3 Å². The fraction of sp³-hybridized carbons (Fsp3) is 0.333. The lowest BCUT2D eigenvalue weighted by atomic mass is 9.75. The average molecular weight is 516 g/mol. The molecule has 3 aromatic rings. The quantitative estimate of drug-likeness (QED) is 0.477. The zero-order chi connectivity index (χ0) is 23.6. The molecule has 2 N–H and O–H groups in total. The molecular formula is C21H20ClF2N3O4S2. The molecule has 0 radical (unpaired) electrons. The summed E-state index contributed by atoms with van der Waals surface area (Å²) in [5, 5.41) is 10.7. The first-order valence-electron chi connectivity index (χ1n) is 10.1. The Kier molecular flexibility index (Phi) is 7.13. The number of aliphatic hydroxyl groups excluding tert-OH is 1. The minimum atomic E-state index is -4.40. The molecule has 3 atom stereocenters. The van der Waals surface area contributed by atoms with E-state index < -0.39 is 38.4 Å². The van der Waals surface area contributed by atoms with Gasteiger partial charge in [0.2, 0.25) is 5.13 Å². The van der Waals surface area contributed by atoms with Crippen molar-refractivity contribution < 1.29 is 27.0 Å². The molecule has 1 heterocycles. The van der Waals surface area contributed by atoms with Crippen LogP contribution in [0, 0.1) is 17.6 Å². The van der Waals surface area contributed by atoms with Crippen molar-refractivity contribution in [3.63, 3.8) is 0 Å². The van der Waals surface area contributed by atoms with Crippen LogP contribution in [0.15, 0.2) is 47.6 Å². The molecule has 0 amide bonds. The zero-order valence-corrected chi connectivity index (χ0v) is 19.5. The number of sulfonamides is 1. The molecule has 1 aliphatic carbocycles. The first-order chi connectivity index (χ1) is 15.7. The van der Waals surface area contributed by atoms with Gasteiger partial charge in [-0.25, -0.2) is 22.2 Å². The molecular weight excluding hydrogens is 496 g/mol. The van der Waals surface area contributed by atoms with Crippen LogP contribution in [0.4, 0.5) is 13.9 Å². The van der Waals surface area contributed by atoms with E-state index in [1.165, 1.54) is 0 Å². The summed E-state index contributed by atoms with van der Waals surface area (Å²) in [7, 11) is -4.40. The maximum absolute atomic E-state index is 14.7. The van der Waals surface area contributed by atoms with Crippen LogP contribution in [0.3, 0.4) is 0 Å². The number of aromatic nitrogens is 2. The zero-order valence-electron chi connectivity index (χ0n) is 17.1. The Morgan fingerprint density at radius 3 is 2.64 bits per heavy atom. The monoisotopic (exact) mass is 515 g/mol. The number of halogens is 3. The van der Waals surface area contributed by atoms with Gasteiger partial charge in [-0.05, 0) is 42.9 Å². The summed E-state index contributed by atoms with van der Waals surface area (Å²) >= 11 is 6.73. The summed E-state index contributed by atoms with van der Waals surface area (Å²) in [5.41, 5.74) is 1.02. The number of rotatable bonds is 7. The van der Waals surface area contributed by atoms with Gasteiger partial charge in [0, 0.05) is 34.6 Å². The fourth-order valence-corrected chi connectivity index (χ4v) is 5.84. The first kappa shape index (κ1) is 23.8. The van der Waals surface area contributed by atoms with Crippen molar-refractivity contribution in [2.45, 2.75) is 36.2 Å². The molecule has 0 unspecified atom stereocenters. The summed E-state index contributed by atoms with van der Waals surface area (Å²) in [6.45, 7) is 0.0237. The van der Waals surface area contributed by atoms with Gasteiger partial charge >= 0.3 is 0 Å². The van der Waals surface area contributed by atoms with Gasteiger partial charge in [-0.15, -0.1) is 0 Å². The summed E-state index contributed by atoms with van der Waals surface area (Å²) in [4.78, 5) is 2.80. The van der Waals surface area contributed by atoms with E-state index in [1.54, 1.807) is 12.1 Å². The van der Waals surface area contributed by atoms with Gasteiger partial charge in [0.1, 0.15) is 17.0 Å². The third-order valence-corrected chi connectivity index (χ3v) is 7.88. The molecule has 0 aliphatic heterocycles. The molecule has 12 heteroatoms. The van der Waals surface area contributed by atoms with Crippen LogP contribution < -0.4 is 9.46 Å². The minimum absolute atomic E-state index is 0.0237. The van der Waals surface area contributed by atoms with Crippen LogP contribution in [0.2, 0.25) is 5.02 Å². The van der Waals surface area contributed by atoms with Gasteiger partial charge in [0.15, 0.2) is 11.6 Å². The molecule has 1 saturated carbocycles. The van der Waals surface area contributed by atoms with Crippen LogP contribution >= 0.6 is 23.1 Å². The predicted molar refractivity (Wildman–Crippen MR) is 120 cm³/mol. The highest BCUT2D eigenvalue weighted by atomic mass is 35.5. The number of hydrogen-bond acceptors (Lipinski definition) is 7. The van der Waals surface area contributed by atoms with Crippen LogP contribution in [0.25, 0.3) is 0 Å². The van der Waals surface area contributed by atoms with Gasteiger partial charge in [0.25, 0.3) is 10.0 Å². The van der Waals surface area contributed by atoms with Crippen LogP contribution in [-0.4, -0.2) is 35.6 Å². The van der Waals surface area contributed by atoms with E-state index >= 15 is 0 Å². The summed E-state index contributed by atoms with van der Waals surface area (Å²) in [6.07, 6.45) is 2.40. The molecule has 7 nitrogen and oxygen atoms in total. The van der Waals surface area contributed by atoms with E-state index in [1.807, 2.05) is 12.1 Å². The van der Waals surface area contributed by atoms with Crippen molar-refractivity contribution in [2.75, 3.05) is 11.3 Å². The van der Waals surface area contributed by atoms with E-state index in [0.29, 0.717) is 36.4 Å². The Balaban J connectivity index is 1.51. The second kappa shape index (κ2) is 9.88. The van der Waals surface area contributed by atoms with E-state index in [2.05, 4.69) is 14.1 Å².